The number of nitrogens with zero attached hydrogens (tertiary/aromatic N) is 6. The number of aryl methyl sites for hydroxylation is 2. The minimum Gasteiger partial charge on any atom is -0.497 e. The molecule has 20 nitrogen and oxygen atoms in total. The van der Waals surface area contributed by atoms with Crippen LogP contribution in [0.15, 0.2) is 215 Å². The Labute approximate surface area is 920 Å². The number of thiazole rings is 5. The number of halogens is 4. The number of ether oxygens (including phenoxy) is 2. The lowest BCUT2D eigenvalue weighted by atomic mass is 9.83. The van der Waals surface area contributed by atoms with Crippen molar-refractivity contribution in [2.45, 2.75) is 220 Å². The Hall–Kier alpha value is -12.1. The molecule has 0 radical (unpaired) electrons. The van der Waals surface area contributed by atoms with Crippen LogP contribution in [0.5, 0.6) is 11.5 Å². The van der Waals surface area contributed by atoms with Gasteiger partial charge in [-0.15, -0.1) is 56.7 Å². The smallest absolute Gasteiger partial charge is 0.226 e. The van der Waals surface area contributed by atoms with E-state index in [0.717, 1.165) is 164 Å². The predicted octanol–water partition coefficient (Wildman–Crippen LogP) is 29.7. The Morgan fingerprint density at radius 1 is 0.367 bits per heavy atom. The average Bonchev–Trinajstić information content (AvgIpc) is 1.47. The summed E-state index contributed by atoms with van der Waals surface area (Å²) >= 11 is 32.8. The molecule has 0 unspecified atom stereocenters. The predicted molar refractivity (Wildman–Crippen MR) is 613 cm³/mol. The van der Waals surface area contributed by atoms with Crippen molar-refractivity contribution in [2.75, 3.05) is 27.3 Å². The molecule has 784 valence electrons. The number of rotatable bonds is 37. The van der Waals surface area contributed by atoms with E-state index in [1.165, 1.54) is 108 Å². The summed E-state index contributed by atoms with van der Waals surface area (Å²) in [6, 6.07) is 61.9. The van der Waals surface area contributed by atoms with Crippen molar-refractivity contribution < 1.29 is 62.2 Å². The van der Waals surface area contributed by atoms with E-state index >= 15 is 0 Å². The van der Waals surface area contributed by atoms with Gasteiger partial charge in [-0.05, 0) is 233 Å². The van der Waals surface area contributed by atoms with E-state index in [1.807, 2.05) is 213 Å². The molecular weight excluding hydrogens is 2060 g/mol. The van der Waals surface area contributed by atoms with E-state index in [4.69, 9.17) is 75.8 Å². The number of likely N-dealkylation sites (tertiary alicyclic amines) is 1. The lowest BCUT2D eigenvalue weighted by Gasteiger charge is -2.32. The first kappa shape index (κ1) is 118. The fraction of sp³-hybridized carbons (Fsp3) is 0.339. The number of hydrogen-bond acceptors (Lipinski definition) is 23. The zero-order valence-corrected chi connectivity index (χ0v) is 95.9. The molecule has 1 aliphatic rings. The Bertz CT molecular complexity index is 7260. The number of benzene rings is 9. The highest BCUT2D eigenvalue weighted by molar-refractivity contribution is 7.14. The monoisotopic (exact) mass is 2190 g/mol. The van der Waals surface area contributed by atoms with Crippen LogP contribution in [-0.4, -0.2) is 127 Å². The third-order valence-electron chi connectivity index (χ3n) is 27.1. The Kier molecular flexibility index (Phi) is 41.5. The molecule has 6 heterocycles. The molecule has 2 amide bonds. The van der Waals surface area contributed by atoms with Crippen LogP contribution in [0.3, 0.4) is 0 Å². The van der Waals surface area contributed by atoms with Crippen molar-refractivity contribution in [3.05, 3.63) is 286 Å². The maximum absolute atomic E-state index is 12.5. The van der Waals surface area contributed by atoms with Gasteiger partial charge < -0.3 is 19.7 Å². The third-order valence-corrected chi connectivity index (χ3v) is 32.7. The number of carbonyl (C=O) groups excluding carboxylic acids is 11. The van der Waals surface area contributed by atoms with Crippen molar-refractivity contribution in [3.63, 3.8) is 0 Å². The van der Waals surface area contributed by atoms with Gasteiger partial charge in [-0.25, -0.2) is 24.9 Å². The maximum atomic E-state index is 12.5. The van der Waals surface area contributed by atoms with Gasteiger partial charge in [0.05, 0.1) is 59.7 Å². The standard InChI is InChI=1S/2C25H26ClNO2S.C24H29ClN2O3S.C24H25NO3S.C23H23ClN2O3S/c1-15-7-6-8-21(16(15)2)23-11-18(26)9-10-22(23)24-27-19(14-30-24)12-20(29)13-25(4,5)17(3)28;1-5-17-7-6-8-18(11-17)23-12-19(26)9-10-22(23)24-27-20(15-30-24)13-21(29)14-25(3,4)16(2)28;1-15(28)24(3,4)13-20(30)12-19-14-31-23(26-19)21-6-5-18(25)11-22(21)17-7-9-27(10-8-17)16(2)29;1-16(26)24(2,3)14-19(27)12-18-15-29-23(25-18)21-11-10-20(28-4)13-22(21)17-8-6-5-7-9-17;1-14(27)23(2,3)26-21(28)10-16-13-30-22(25-16)18-12-20(29-4)19(24)11-17(18)15-8-6-5-7-9-15/h6-11,14H,12-13H2,1-5H3;6-12,15H,5,13-14H2,1-4H3;5-6,11,14,17H,7-10,12-13H2,1-4H3;5-11,13,15H,12,14H2,1-4H3;5-9,11-13H,10H2,1-4H3,(H,26,28). The minimum atomic E-state index is -0.903. The normalized spacial score (nSPS) is 12.2. The lowest BCUT2D eigenvalue weighted by molar-refractivity contribution is -0.130. The summed E-state index contributed by atoms with van der Waals surface area (Å²) in [6.07, 6.45) is 4.69. The van der Waals surface area contributed by atoms with Gasteiger partial charge in [-0.1, -0.05) is 218 Å². The highest BCUT2D eigenvalue weighted by Gasteiger charge is 2.34. The molecule has 0 atom stereocenters. The van der Waals surface area contributed by atoms with Crippen LogP contribution in [-0.2, 0) is 91.3 Å². The molecule has 0 bridgehead atoms. The quantitative estimate of drug-likeness (QED) is 0.0378. The van der Waals surface area contributed by atoms with E-state index in [-0.39, 0.29) is 122 Å². The summed E-state index contributed by atoms with van der Waals surface area (Å²) in [5.74, 6) is 1.61. The second kappa shape index (κ2) is 52.7. The summed E-state index contributed by atoms with van der Waals surface area (Å²) in [5, 5.41) is 19.1. The Balaban J connectivity index is 0.000000178. The lowest BCUT2D eigenvalue weighted by Crippen LogP contribution is -2.49. The summed E-state index contributed by atoms with van der Waals surface area (Å²) in [5.41, 5.74) is 18.3. The number of methoxy groups -OCH3 is 2. The van der Waals surface area contributed by atoms with Crippen LogP contribution in [0.4, 0.5) is 0 Å². The van der Waals surface area contributed by atoms with Crippen LogP contribution in [0, 0.1) is 35.5 Å². The van der Waals surface area contributed by atoms with Crippen LogP contribution in [0.25, 0.3) is 97.4 Å². The zero-order valence-electron chi connectivity index (χ0n) is 88.8. The second-order valence-corrected chi connectivity index (χ2v) is 46.8. The van der Waals surface area contributed by atoms with Gasteiger partial charge in [-0.2, -0.15) is 0 Å². The van der Waals surface area contributed by atoms with E-state index in [1.54, 1.807) is 48.8 Å². The number of nitrogens with one attached hydrogen (secondary N) is 1. The zero-order chi connectivity index (χ0) is 110. The molecule has 0 saturated carbocycles. The van der Waals surface area contributed by atoms with Crippen molar-refractivity contribution in [3.8, 4) is 109 Å². The van der Waals surface area contributed by atoms with Gasteiger partial charge in [-0.3, -0.25) is 52.7 Å². The largest absolute Gasteiger partial charge is 0.497 e. The van der Waals surface area contributed by atoms with E-state index < -0.39 is 27.2 Å². The minimum absolute atomic E-state index is 0.0152. The first-order valence-electron chi connectivity index (χ1n) is 49.5. The van der Waals surface area contributed by atoms with Crippen molar-refractivity contribution in [2.24, 2.45) is 21.7 Å². The number of amides is 2. The molecule has 1 aliphatic heterocycles. The van der Waals surface area contributed by atoms with Crippen LogP contribution in [0.2, 0.25) is 20.1 Å². The molecule has 15 rings (SSSR count). The summed E-state index contributed by atoms with van der Waals surface area (Å²) in [6.45, 7) is 34.9. The van der Waals surface area contributed by atoms with E-state index in [0.29, 0.717) is 37.5 Å². The molecule has 0 aliphatic carbocycles. The molecule has 29 heteroatoms. The van der Waals surface area contributed by atoms with E-state index in [9.17, 15) is 52.7 Å². The molecule has 1 fully saturated rings. The van der Waals surface area contributed by atoms with Crippen LogP contribution >= 0.6 is 103 Å². The molecule has 1 saturated heterocycles. The number of carbonyl (C=O) groups is 11. The summed E-state index contributed by atoms with van der Waals surface area (Å²) in [4.78, 5) is 158. The van der Waals surface area contributed by atoms with Crippen LogP contribution < -0.4 is 14.8 Å². The SMILES string of the molecule is CC(=O)C(C)(C)CC(=O)Cc1csc(-c2ccc(Cl)cc2-c2cccc(C)c2C)n1.CC(=O)N1CCC(c2cc(Cl)ccc2-c2nc(CC(=O)CC(C)(C)C(C)=O)cs2)CC1.CCc1cccc(-c2cc(Cl)ccc2-c2nc(CC(=O)CC(C)(C)C(C)=O)cs2)c1.COc1cc(-c2nc(CC(=O)NC(C)(C)C(C)=O)cs2)c(-c2ccccc2)cc1Cl.COc1ccc(-c2nc(CC(=O)CC(C)(C)C(C)=O)cs2)c(-c2ccccc2)c1. The summed E-state index contributed by atoms with van der Waals surface area (Å²) in [7, 11) is 3.22. The first-order chi connectivity index (χ1) is 70.8. The third kappa shape index (κ3) is 32.5. The average molecular weight is 2190 g/mol. The maximum Gasteiger partial charge on any atom is 0.226 e. The molecule has 1 N–H and O–H groups in total. The van der Waals surface area contributed by atoms with Gasteiger partial charge >= 0.3 is 0 Å². The summed E-state index contributed by atoms with van der Waals surface area (Å²) < 4.78 is 10.8. The molecule has 9 aromatic carbocycles. The Morgan fingerprint density at radius 2 is 0.733 bits per heavy atom. The number of piperidine rings is 1. The van der Waals surface area contributed by atoms with Gasteiger partial charge in [0.25, 0.3) is 0 Å². The molecule has 5 aromatic heterocycles. The van der Waals surface area contributed by atoms with Crippen molar-refractivity contribution in [1.29, 1.82) is 0 Å². The fourth-order valence-corrected chi connectivity index (χ4v) is 21.7. The van der Waals surface area contributed by atoms with Crippen molar-refractivity contribution in [1.82, 2.24) is 35.1 Å². The molecule has 14 aromatic rings. The molecule has 150 heavy (non-hydrogen) atoms. The highest BCUT2D eigenvalue weighted by Crippen LogP contribution is 2.46. The van der Waals surface area contributed by atoms with Gasteiger partial charge in [0.15, 0.2) is 5.78 Å². The van der Waals surface area contributed by atoms with Gasteiger partial charge in [0.2, 0.25) is 11.8 Å². The molecular formula is C121H129Cl4N7O13S5. The van der Waals surface area contributed by atoms with Gasteiger partial charge in [0.1, 0.15) is 82.8 Å². The fourth-order valence-electron chi connectivity index (χ4n) is 16.6. The second-order valence-electron chi connectivity index (χ2n) is 40.8. The van der Waals surface area contributed by atoms with E-state index in [2.05, 4.69) is 79.6 Å². The number of ketones is 9. The highest BCUT2D eigenvalue weighted by atomic mass is 35.5. The molecule has 0 spiro atoms. The number of aromatic nitrogens is 5. The number of Topliss-reactive ketones (excluding diaryl/α,β-unsaturated/α-hetero) is 9. The topological polar surface area (TPSA) is 286 Å². The number of hydrogen-bond donors (Lipinski definition) is 1. The Morgan fingerprint density at radius 3 is 1.14 bits per heavy atom. The first-order valence-corrected chi connectivity index (χ1v) is 55.4. The van der Waals surface area contributed by atoms with Gasteiger partial charge in [0, 0.05) is 163 Å². The van der Waals surface area contributed by atoms with Crippen LogP contribution in [0.1, 0.15) is 213 Å². The van der Waals surface area contributed by atoms with Crippen molar-refractivity contribution >= 4 is 167 Å².